The van der Waals surface area contributed by atoms with Gasteiger partial charge in [-0.25, -0.2) is 9.78 Å². The molecule has 8 heteroatoms. The highest BCUT2D eigenvalue weighted by atomic mass is 16.6. The second kappa shape index (κ2) is 11.2. The van der Waals surface area contributed by atoms with E-state index in [1.807, 2.05) is 23.8 Å². The van der Waals surface area contributed by atoms with Crippen LogP contribution in [0, 0.1) is 0 Å². The van der Waals surface area contributed by atoms with Crippen molar-refractivity contribution in [2.24, 2.45) is 0 Å². The van der Waals surface area contributed by atoms with E-state index in [-0.39, 0.29) is 12.4 Å². The summed E-state index contributed by atoms with van der Waals surface area (Å²) >= 11 is 0. The van der Waals surface area contributed by atoms with Crippen LogP contribution in [0.5, 0.6) is 17.2 Å². The number of nitrogens with zero attached hydrogens (tertiary/aromatic N) is 2. The summed E-state index contributed by atoms with van der Waals surface area (Å²) in [6.45, 7) is 6.56. The number of fused-ring (bicyclic) bond motifs is 2. The number of carbonyl (C=O) groups is 1. The van der Waals surface area contributed by atoms with Gasteiger partial charge >= 0.3 is 5.97 Å². The van der Waals surface area contributed by atoms with Crippen LogP contribution in [-0.4, -0.2) is 46.0 Å². The summed E-state index contributed by atoms with van der Waals surface area (Å²) in [6.07, 6.45) is 14.1. The van der Waals surface area contributed by atoms with Crippen molar-refractivity contribution in [2.45, 2.75) is 77.5 Å². The zero-order valence-electron chi connectivity index (χ0n) is 21.6. The fraction of sp³-hybridized carbons (Fsp3) is 0.500. The number of aromatic nitrogens is 2. The summed E-state index contributed by atoms with van der Waals surface area (Å²) in [5, 5.41) is 11.2. The van der Waals surface area contributed by atoms with E-state index >= 15 is 0 Å². The van der Waals surface area contributed by atoms with Crippen LogP contribution >= 0.6 is 0 Å². The van der Waals surface area contributed by atoms with Crippen LogP contribution in [0.2, 0.25) is 0 Å². The van der Waals surface area contributed by atoms with Crippen LogP contribution in [0.1, 0.15) is 64.0 Å². The Kier molecular flexibility index (Phi) is 8.04. The molecule has 2 unspecified atom stereocenters. The summed E-state index contributed by atoms with van der Waals surface area (Å²) < 4.78 is 25.3. The van der Waals surface area contributed by atoms with Crippen molar-refractivity contribution in [3.8, 4) is 17.2 Å². The van der Waals surface area contributed by atoms with Gasteiger partial charge in [-0.3, -0.25) is 0 Å². The van der Waals surface area contributed by atoms with E-state index in [9.17, 15) is 9.90 Å². The Balaban J connectivity index is 1.68. The molecule has 0 saturated carbocycles. The van der Waals surface area contributed by atoms with Crippen LogP contribution in [0.3, 0.4) is 0 Å². The first-order valence-electron chi connectivity index (χ1n) is 12.7. The van der Waals surface area contributed by atoms with E-state index < -0.39 is 17.7 Å². The van der Waals surface area contributed by atoms with Crippen molar-refractivity contribution >= 4 is 11.5 Å². The van der Waals surface area contributed by atoms with Crippen LogP contribution < -0.4 is 14.2 Å². The molecule has 4 rings (SSSR count). The number of unbranched alkanes of at least 4 members (excludes halogenated alkanes) is 3. The summed E-state index contributed by atoms with van der Waals surface area (Å²) in [5.74, 6) is 1.24. The number of carbonyl (C=O) groups excluding carboxylic acids is 1. The molecule has 1 aromatic carbocycles. The summed E-state index contributed by atoms with van der Waals surface area (Å²) in [4.78, 5) is 16.6. The van der Waals surface area contributed by atoms with Gasteiger partial charge in [-0.2, -0.15) is 0 Å². The zero-order valence-corrected chi connectivity index (χ0v) is 21.6. The monoisotopic (exact) mass is 496 g/mol. The Morgan fingerprint density at radius 1 is 1.31 bits per heavy atom. The number of hydrogen-bond donors (Lipinski definition) is 1. The van der Waals surface area contributed by atoms with E-state index in [0.717, 1.165) is 42.4 Å². The molecule has 36 heavy (non-hydrogen) atoms. The topological polar surface area (TPSA) is 92.0 Å². The number of benzene rings is 1. The van der Waals surface area contributed by atoms with Gasteiger partial charge in [-0.05, 0) is 31.9 Å². The Morgan fingerprint density at radius 2 is 2.14 bits per heavy atom. The van der Waals surface area contributed by atoms with E-state index in [1.54, 1.807) is 38.7 Å². The van der Waals surface area contributed by atoms with Crippen molar-refractivity contribution in [2.75, 3.05) is 13.7 Å². The average Bonchev–Trinajstić information content (AvgIpc) is 3.54. The lowest BCUT2D eigenvalue weighted by atomic mass is 9.88. The molecule has 0 fully saturated rings. The SMILES string of the molecule is CCCCCCC(C)(O)C1Cc2c(cc3c(c2OC)C(=CCn2ccnc2)C=C(C(=O)OCC)O3)O1. The molecule has 0 aliphatic carbocycles. The number of aliphatic hydroxyl groups is 1. The van der Waals surface area contributed by atoms with Crippen LogP contribution in [0.15, 0.2) is 42.7 Å². The number of rotatable bonds is 11. The van der Waals surface area contributed by atoms with E-state index in [2.05, 4.69) is 11.9 Å². The van der Waals surface area contributed by atoms with Gasteiger partial charge in [0.1, 0.15) is 23.4 Å². The second-order valence-electron chi connectivity index (χ2n) is 9.49. The van der Waals surface area contributed by atoms with Gasteiger partial charge in [0, 0.05) is 37.0 Å². The lowest BCUT2D eigenvalue weighted by Gasteiger charge is -2.29. The predicted molar refractivity (Wildman–Crippen MR) is 136 cm³/mol. The number of ether oxygens (including phenoxy) is 4. The van der Waals surface area contributed by atoms with Gasteiger partial charge in [0.05, 0.1) is 31.2 Å². The number of methoxy groups -OCH3 is 1. The lowest BCUT2D eigenvalue weighted by molar-refractivity contribution is -0.141. The first-order chi connectivity index (χ1) is 17.4. The second-order valence-corrected chi connectivity index (χ2v) is 9.49. The summed E-state index contributed by atoms with van der Waals surface area (Å²) in [6, 6.07) is 1.79. The first-order valence-corrected chi connectivity index (χ1v) is 12.7. The molecule has 1 N–H and O–H groups in total. The number of hydrogen-bond acceptors (Lipinski definition) is 7. The number of imidazole rings is 1. The van der Waals surface area contributed by atoms with Gasteiger partial charge in [0.2, 0.25) is 5.76 Å². The quantitative estimate of drug-likeness (QED) is 0.352. The largest absolute Gasteiger partial charge is 0.496 e. The van der Waals surface area contributed by atoms with Crippen molar-refractivity contribution in [1.29, 1.82) is 0 Å². The minimum absolute atomic E-state index is 0.0979. The lowest BCUT2D eigenvalue weighted by Crippen LogP contribution is -2.42. The molecule has 2 atom stereocenters. The number of esters is 1. The Hall–Kier alpha value is -3.26. The minimum Gasteiger partial charge on any atom is -0.496 e. The third-order valence-electron chi connectivity index (χ3n) is 6.75. The molecule has 3 heterocycles. The molecule has 0 bridgehead atoms. The molecule has 0 spiro atoms. The third kappa shape index (κ3) is 5.43. The molecule has 2 aliphatic heterocycles. The van der Waals surface area contributed by atoms with Crippen LogP contribution in [0.4, 0.5) is 0 Å². The molecule has 0 radical (unpaired) electrons. The minimum atomic E-state index is -0.979. The molecule has 194 valence electrons. The van der Waals surface area contributed by atoms with Gasteiger partial charge in [-0.15, -0.1) is 0 Å². The van der Waals surface area contributed by atoms with Crippen molar-refractivity contribution in [3.63, 3.8) is 0 Å². The Morgan fingerprint density at radius 3 is 2.83 bits per heavy atom. The third-order valence-corrected chi connectivity index (χ3v) is 6.75. The first kappa shape index (κ1) is 25.8. The standard InChI is InChI=1S/C28H36N2O6/c1-5-7-8-9-11-28(3,32)24-16-20-21(36-24)17-22-25(26(20)33-4)19(10-13-30-14-12-29-18-30)15-23(35-22)27(31)34-6-2/h10,12,14-15,17-18,24,32H,5-9,11,13,16H2,1-4H3. The smallest absolute Gasteiger partial charge is 0.374 e. The highest BCUT2D eigenvalue weighted by molar-refractivity contribution is 5.95. The highest BCUT2D eigenvalue weighted by Gasteiger charge is 2.41. The normalized spacial score (nSPS) is 19.0. The molecular weight excluding hydrogens is 460 g/mol. The van der Waals surface area contributed by atoms with Gasteiger partial charge in [0.25, 0.3) is 0 Å². The Bertz CT molecular complexity index is 1130. The van der Waals surface area contributed by atoms with Gasteiger partial charge in [-0.1, -0.05) is 38.7 Å². The van der Waals surface area contributed by atoms with Crippen molar-refractivity contribution in [1.82, 2.24) is 9.55 Å². The molecule has 0 amide bonds. The van der Waals surface area contributed by atoms with E-state index in [4.69, 9.17) is 18.9 Å². The Labute approximate surface area is 212 Å². The van der Waals surface area contributed by atoms with E-state index in [1.165, 1.54) is 0 Å². The maximum Gasteiger partial charge on any atom is 0.374 e. The summed E-state index contributed by atoms with van der Waals surface area (Å²) in [7, 11) is 1.62. The van der Waals surface area contributed by atoms with Crippen LogP contribution in [-0.2, 0) is 22.5 Å². The van der Waals surface area contributed by atoms with Crippen molar-refractivity contribution in [3.05, 3.63) is 53.8 Å². The molecular formula is C28H36N2O6. The van der Waals surface area contributed by atoms with Gasteiger partial charge in [0.15, 0.2) is 0 Å². The fourth-order valence-corrected chi connectivity index (χ4v) is 4.75. The molecule has 2 aromatic rings. The maximum atomic E-state index is 12.6. The molecule has 1 aromatic heterocycles. The van der Waals surface area contributed by atoms with Crippen molar-refractivity contribution < 1.29 is 28.8 Å². The average molecular weight is 497 g/mol. The predicted octanol–water partition coefficient (Wildman–Crippen LogP) is 4.84. The van der Waals surface area contributed by atoms with Gasteiger partial charge < -0.3 is 28.6 Å². The summed E-state index contributed by atoms with van der Waals surface area (Å²) in [5.41, 5.74) is 1.44. The van der Waals surface area contributed by atoms with E-state index in [0.29, 0.717) is 36.6 Å². The maximum absolute atomic E-state index is 12.6. The highest BCUT2D eigenvalue weighted by Crippen LogP contribution is 2.50. The van der Waals surface area contributed by atoms with Crippen LogP contribution in [0.25, 0.3) is 5.57 Å². The molecule has 2 aliphatic rings. The zero-order chi connectivity index (χ0) is 25.7. The molecule has 0 saturated heterocycles. The number of allylic oxidation sites excluding steroid dienone is 3. The molecule has 8 nitrogen and oxygen atoms in total. The fourth-order valence-electron chi connectivity index (χ4n) is 4.75.